The molecule has 4 nitrogen and oxygen atoms in total. The maximum absolute atomic E-state index is 12.6. The molecule has 140 valence electrons. The van der Waals surface area contributed by atoms with E-state index >= 15 is 0 Å². The SMILES string of the molecule is O=S(=O)(c1ccc(C(F)(F)F)cc1)N1CCN(Cc2ccccc2)CC1. The van der Waals surface area contributed by atoms with Gasteiger partial charge in [-0.25, -0.2) is 8.42 Å². The number of hydrogen-bond donors (Lipinski definition) is 0. The van der Waals surface area contributed by atoms with E-state index in [0.29, 0.717) is 26.2 Å². The lowest BCUT2D eigenvalue weighted by atomic mass is 10.2. The molecule has 26 heavy (non-hydrogen) atoms. The van der Waals surface area contributed by atoms with Crippen molar-refractivity contribution in [1.29, 1.82) is 0 Å². The van der Waals surface area contributed by atoms with Crippen LogP contribution < -0.4 is 0 Å². The van der Waals surface area contributed by atoms with Crippen molar-refractivity contribution in [2.24, 2.45) is 0 Å². The van der Waals surface area contributed by atoms with Crippen LogP contribution in [-0.2, 0) is 22.7 Å². The second kappa shape index (κ2) is 7.38. The summed E-state index contributed by atoms with van der Waals surface area (Å²) in [6.07, 6.45) is -4.48. The number of benzene rings is 2. The smallest absolute Gasteiger partial charge is 0.296 e. The molecule has 8 heteroatoms. The van der Waals surface area contributed by atoms with Crippen LogP contribution in [0.25, 0.3) is 0 Å². The first-order valence-electron chi connectivity index (χ1n) is 8.20. The maximum atomic E-state index is 12.6. The summed E-state index contributed by atoms with van der Waals surface area (Å²) in [4.78, 5) is 2.05. The van der Waals surface area contributed by atoms with Gasteiger partial charge in [0.15, 0.2) is 0 Å². The van der Waals surface area contributed by atoms with Gasteiger partial charge in [-0.2, -0.15) is 17.5 Å². The molecule has 0 spiro atoms. The van der Waals surface area contributed by atoms with Crippen molar-refractivity contribution in [3.8, 4) is 0 Å². The van der Waals surface area contributed by atoms with Gasteiger partial charge in [0.1, 0.15) is 0 Å². The molecule has 1 aliphatic heterocycles. The number of piperazine rings is 1. The van der Waals surface area contributed by atoms with Crippen molar-refractivity contribution in [3.05, 3.63) is 65.7 Å². The van der Waals surface area contributed by atoms with Gasteiger partial charge < -0.3 is 0 Å². The normalized spacial score (nSPS) is 17.3. The lowest BCUT2D eigenvalue weighted by molar-refractivity contribution is -0.137. The van der Waals surface area contributed by atoms with Crippen molar-refractivity contribution in [2.75, 3.05) is 26.2 Å². The van der Waals surface area contributed by atoms with E-state index in [0.717, 1.165) is 36.4 Å². The molecule has 0 radical (unpaired) electrons. The molecule has 1 heterocycles. The molecule has 0 saturated carbocycles. The summed E-state index contributed by atoms with van der Waals surface area (Å²) in [6.45, 7) is 2.53. The molecule has 0 unspecified atom stereocenters. The average molecular weight is 384 g/mol. The summed E-state index contributed by atoms with van der Waals surface area (Å²) in [5.41, 5.74) is 0.302. The third-order valence-corrected chi connectivity index (χ3v) is 6.31. The molecular weight excluding hydrogens is 365 g/mol. The molecule has 1 fully saturated rings. The molecule has 0 amide bonds. The Balaban J connectivity index is 1.64. The third-order valence-electron chi connectivity index (χ3n) is 4.40. The summed E-state index contributed by atoms with van der Waals surface area (Å²) in [6, 6.07) is 13.6. The Morgan fingerprint density at radius 1 is 0.846 bits per heavy atom. The van der Waals surface area contributed by atoms with Crippen LogP contribution in [0.5, 0.6) is 0 Å². The highest BCUT2D eigenvalue weighted by molar-refractivity contribution is 7.89. The van der Waals surface area contributed by atoms with Gasteiger partial charge in [-0.15, -0.1) is 0 Å². The summed E-state index contributed by atoms with van der Waals surface area (Å²) >= 11 is 0. The number of rotatable bonds is 4. The molecular formula is C18H19F3N2O2S. The van der Waals surface area contributed by atoms with Gasteiger partial charge in [0, 0.05) is 32.7 Å². The fourth-order valence-electron chi connectivity index (χ4n) is 2.93. The molecule has 2 aromatic rings. The molecule has 0 bridgehead atoms. The number of alkyl halides is 3. The minimum Gasteiger partial charge on any atom is -0.296 e. The summed E-state index contributed by atoms with van der Waals surface area (Å²) < 4.78 is 64.5. The Morgan fingerprint density at radius 2 is 1.42 bits per heavy atom. The first kappa shape index (κ1) is 18.9. The van der Waals surface area contributed by atoms with E-state index < -0.39 is 21.8 Å². The molecule has 3 rings (SSSR count). The maximum Gasteiger partial charge on any atom is 0.416 e. The Hall–Kier alpha value is -1.90. The van der Waals surface area contributed by atoms with Crippen LogP contribution in [-0.4, -0.2) is 43.8 Å². The van der Waals surface area contributed by atoms with Gasteiger partial charge >= 0.3 is 6.18 Å². The van der Waals surface area contributed by atoms with E-state index in [2.05, 4.69) is 4.90 Å². The van der Waals surface area contributed by atoms with E-state index in [1.807, 2.05) is 30.3 Å². The zero-order valence-electron chi connectivity index (χ0n) is 14.0. The van der Waals surface area contributed by atoms with Crippen molar-refractivity contribution in [1.82, 2.24) is 9.21 Å². The van der Waals surface area contributed by atoms with Crippen LogP contribution in [0.4, 0.5) is 13.2 Å². The Kier molecular flexibility index (Phi) is 5.36. The zero-order valence-corrected chi connectivity index (χ0v) is 14.8. The van der Waals surface area contributed by atoms with Crippen LogP contribution in [0.3, 0.4) is 0 Å². The number of hydrogen-bond acceptors (Lipinski definition) is 3. The highest BCUT2D eigenvalue weighted by Crippen LogP contribution is 2.30. The quantitative estimate of drug-likeness (QED) is 0.813. The van der Waals surface area contributed by atoms with Gasteiger partial charge in [0.25, 0.3) is 0 Å². The standard InChI is InChI=1S/C18H19F3N2O2S/c19-18(20,21)16-6-8-17(9-7-16)26(24,25)23-12-10-22(11-13-23)14-15-4-2-1-3-5-15/h1-9H,10-14H2. The molecule has 0 aromatic heterocycles. The lowest BCUT2D eigenvalue weighted by Crippen LogP contribution is -2.48. The van der Waals surface area contributed by atoms with E-state index in [9.17, 15) is 21.6 Å². The van der Waals surface area contributed by atoms with Gasteiger partial charge in [-0.1, -0.05) is 30.3 Å². The van der Waals surface area contributed by atoms with Crippen LogP contribution >= 0.6 is 0 Å². The molecule has 0 N–H and O–H groups in total. The fourth-order valence-corrected chi connectivity index (χ4v) is 4.36. The molecule has 0 atom stereocenters. The van der Waals surface area contributed by atoms with Crippen molar-refractivity contribution in [2.45, 2.75) is 17.6 Å². The highest BCUT2D eigenvalue weighted by Gasteiger charge is 2.32. The van der Waals surface area contributed by atoms with E-state index in [4.69, 9.17) is 0 Å². The Bertz CT molecular complexity index is 829. The van der Waals surface area contributed by atoms with Crippen molar-refractivity contribution in [3.63, 3.8) is 0 Å². The number of sulfonamides is 1. The van der Waals surface area contributed by atoms with Gasteiger partial charge in [-0.3, -0.25) is 4.90 Å². The van der Waals surface area contributed by atoms with Gasteiger partial charge in [0.05, 0.1) is 10.5 Å². The molecule has 2 aromatic carbocycles. The number of nitrogens with zero attached hydrogens (tertiary/aromatic N) is 2. The Labute approximate surface area is 150 Å². The van der Waals surface area contributed by atoms with Crippen molar-refractivity contribution >= 4 is 10.0 Å². The second-order valence-electron chi connectivity index (χ2n) is 6.19. The third kappa shape index (κ3) is 4.25. The summed E-state index contributed by atoms with van der Waals surface area (Å²) in [7, 11) is -3.78. The fraction of sp³-hybridized carbons (Fsp3) is 0.333. The average Bonchev–Trinajstić information content (AvgIpc) is 2.62. The minimum absolute atomic E-state index is 0.109. The summed E-state index contributed by atoms with van der Waals surface area (Å²) in [5, 5.41) is 0. The predicted molar refractivity (Wildman–Crippen MR) is 91.9 cm³/mol. The largest absolute Gasteiger partial charge is 0.416 e. The van der Waals surface area contributed by atoms with E-state index in [-0.39, 0.29) is 4.90 Å². The van der Waals surface area contributed by atoms with Crippen LogP contribution in [0.2, 0.25) is 0 Å². The van der Waals surface area contributed by atoms with Crippen molar-refractivity contribution < 1.29 is 21.6 Å². The highest BCUT2D eigenvalue weighted by atomic mass is 32.2. The van der Waals surface area contributed by atoms with E-state index in [1.165, 1.54) is 4.31 Å². The summed E-state index contributed by atoms with van der Waals surface area (Å²) in [5.74, 6) is 0. The van der Waals surface area contributed by atoms with Gasteiger partial charge in [0.2, 0.25) is 10.0 Å². The van der Waals surface area contributed by atoms with Crippen LogP contribution in [0.15, 0.2) is 59.5 Å². The molecule has 0 aliphatic carbocycles. The molecule has 1 aliphatic rings. The van der Waals surface area contributed by atoms with E-state index in [1.54, 1.807) is 0 Å². The monoisotopic (exact) mass is 384 g/mol. The van der Waals surface area contributed by atoms with Gasteiger partial charge in [-0.05, 0) is 29.8 Å². The minimum atomic E-state index is -4.48. The zero-order chi connectivity index (χ0) is 18.8. The number of halogens is 3. The second-order valence-corrected chi connectivity index (χ2v) is 8.13. The molecule has 1 saturated heterocycles. The lowest BCUT2D eigenvalue weighted by Gasteiger charge is -2.34. The topological polar surface area (TPSA) is 40.6 Å². The predicted octanol–water partition coefficient (Wildman–Crippen LogP) is 3.21. The Morgan fingerprint density at radius 3 is 1.96 bits per heavy atom. The first-order chi connectivity index (χ1) is 12.3. The van der Waals surface area contributed by atoms with Crippen LogP contribution in [0, 0.1) is 0 Å². The first-order valence-corrected chi connectivity index (χ1v) is 9.64. The van der Waals surface area contributed by atoms with Crippen LogP contribution in [0.1, 0.15) is 11.1 Å².